The first-order valence-corrected chi connectivity index (χ1v) is 5.55. The lowest BCUT2D eigenvalue weighted by Gasteiger charge is -2.13. The number of hydrogen-bond donors (Lipinski definition) is 0. The van der Waals surface area contributed by atoms with Gasteiger partial charge in [0.15, 0.2) is 0 Å². The van der Waals surface area contributed by atoms with E-state index in [1.807, 2.05) is 31.4 Å². The van der Waals surface area contributed by atoms with Gasteiger partial charge in [0.05, 0.1) is 12.2 Å². The second-order valence-corrected chi connectivity index (χ2v) is 3.76. The van der Waals surface area contributed by atoms with E-state index in [9.17, 15) is 0 Å². The molecule has 0 amide bonds. The Morgan fingerprint density at radius 3 is 2.94 bits per heavy atom. The summed E-state index contributed by atoms with van der Waals surface area (Å²) in [6, 6.07) is 0. The molecule has 0 saturated heterocycles. The molecule has 0 saturated carbocycles. The molecule has 88 valence electrons. The first kappa shape index (κ1) is 13.1. The zero-order chi connectivity index (χ0) is 12.7. The van der Waals surface area contributed by atoms with Gasteiger partial charge in [0.1, 0.15) is 0 Å². The lowest BCUT2D eigenvalue weighted by atomic mass is 9.92. The molecule has 0 aromatic rings. The van der Waals surface area contributed by atoms with Crippen LogP contribution in [0.2, 0.25) is 0 Å². The van der Waals surface area contributed by atoms with Crippen molar-refractivity contribution in [1.82, 2.24) is 0 Å². The van der Waals surface area contributed by atoms with Gasteiger partial charge in [0, 0.05) is 18.3 Å². The SMILES string of the molecule is C=CC1C=CC(=C)C=C1/C=N\CC(=C)/N=C\C. The van der Waals surface area contributed by atoms with Gasteiger partial charge in [-0.15, -0.1) is 6.58 Å². The highest BCUT2D eigenvalue weighted by atomic mass is 14.8. The van der Waals surface area contributed by atoms with Gasteiger partial charge in [-0.25, -0.2) is 0 Å². The summed E-state index contributed by atoms with van der Waals surface area (Å²) >= 11 is 0. The Kier molecular flexibility index (Phi) is 5.08. The van der Waals surface area contributed by atoms with E-state index < -0.39 is 0 Å². The second-order valence-electron chi connectivity index (χ2n) is 3.76. The molecule has 0 bridgehead atoms. The summed E-state index contributed by atoms with van der Waals surface area (Å²) in [7, 11) is 0. The smallest absolute Gasteiger partial charge is 0.0805 e. The molecule has 0 fully saturated rings. The molecule has 17 heavy (non-hydrogen) atoms. The maximum absolute atomic E-state index is 4.32. The zero-order valence-electron chi connectivity index (χ0n) is 10.3. The number of rotatable bonds is 5. The van der Waals surface area contributed by atoms with E-state index in [0.717, 1.165) is 16.8 Å². The Morgan fingerprint density at radius 1 is 1.53 bits per heavy atom. The highest BCUT2D eigenvalue weighted by Crippen LogP contribution is 2.20. The molecule has 1 aliphatic rings. The van der Waals surface area contributed by atoms with Crippen LogP contribution in [-0.2, 0) is 0 Å². The monoisotopic (exact) mass is 226 g/mol. The number of hydrogen-bond acceptors (Lipinski definition) is 2. The molecule has 0 aromatic heterocycles. The summed E-state index contributed by atoms with van der Waals surface area (Å²) in [5, 5.41) is 0. The Balaban J connectivity index is 2.66. The van der Waals surface area contributed by atoms with Crippen molar-refractivity contribution >= 4 is 12.4 Å². The third kappa shape index (κ3) is 4.19. The van der Waals surface area contributed by atoms with E-state index in [-0.39, 0.29) is 5.92 Å². The van der Waals surface area contributed by atoms with Crippen LogP contribution >= 0.6 is 0 Å². The van der Waals surface area contributed by atoms with Crippen molar-refractivity contribution in [2.45, 2.75) is 6.92 Å². The van der Waals surface area contributed by atoms with Crippen molar-refractivity contribution in [1.29, 1.82) is 0 Å². The van der Waals surface area contributed by atoms with Crippen molar-refractivity contribution < 1.29 is 0 Å². The summed E-state index contributed by atoms with van der Waals surface area (Å²) in [5.74, 6) is 0.215. The van der Waals surface area contributed by atoms with Gasteiger partial charge in [-0.2, -0.15) is 0 Å². The van der Waals surface area contributed by atoms with E-state index in [2.05, 4.69) is 35.8 Å². The molecule has 0 aromatic carbocycles. The fourth-order valence-corrected chi connectivity index (χ4v) is 1.51. The molecule has 1 unspecified atom stereocenters. The van der Waals surface area contributed by atoms with Gasteiger partial charge in [0.25, 0.3) is 0 Å². The average molecular weight is 226 g/mol. The van der Waals surface area contributed by atoms with Crippen LogP contribution in [0.3, 0.4) is 0 Å². The van der Waals surface area contributed by atoms with Crippen LogP contribution in [0.1, 0.15) is 6.92 Å². The Hall–Kier alpha value is -1.96. The van der Waals surface area contributed by atoms with E-state index >= 15 is 0 Å². The van der Waals surface area contributed by atoms with Gasteiger partial charge in [-0.05, 0) is 24.1 Å². The van der Waals surface area contributed by atoms with E-state index in [1.165, 1.54) is 0 Å². The number of aliphatic imine (C=N–C) groups is 2. The molecule has 2 heteroatoms. The lowest BCUT2D eigenvalue weighted by molar-refractivity contribution is 1.01. The third-order valence-electron chi connectivity index (χ3n) is 2.33. The van der Waals surface area contributed by atoms with Gasteiger partial charge < -0.3 is 0 Å². The summed E-state index contributed by atoms with van der Waals surface area (Å²) < 4.78 is 0. The molecule has 1 atom stereocenters. The summed E-state index contributed by atoms with van der Waals surface area (Å²) in [4.78, 5) is 8.37. The molecule has 0 N–H and O–H groups in total. The molecule has 0 spiro atoms. The van der Waals surface area contributed by atoms with Crippen LogP contribution in [0, 0.1) is 5.92 Å². The zero-order valence-corrected chi connectivity index (χ0v) is 10.3. The maximum Gasteiger partial charge on any atom is 0.0805 e. The normalized spacial score (nSPS) is 19.9. The number of nitrogens with zero attached hydrogens (tertiary/aromatic N) is 2. The third-order valence-corrected chi connectivity index (χ3v) is 2.33. The quantitative estimate of drug-likeness (QED) is 0.506. The van der Waals surface area contributed by atoms with Crippen LogP contribution < -0.4 is 0 Å². The minimum absolute atomic E-state index is 0.215. The summed E-state index contributed by atoms with van der Waals surface area (Å²) in [6.07, 6.45) is 11.5. The molecular formula is C15H18N2. The van der Waals surface area contributed by atoms with E-state index in [0.29, 0.717) is 6.54 Å². The molecule has 1 rings (SSSR count). The molecular weight excluding hydrogens is 208 g/mol. The van der Waals surface area contributed by atoms with Crippen LogP contribution in [0.25, 0.3) is 0 Å². The molecule has 0 radical (unpaired) electrons. The number of allylic oxidation sites excluding steroid dienone is 6. The molecule has 0 heterocycles. The lowest BCUT2D eigenvalue weighted by Crippen LogP contribution is -2.03. The first-order valence-electron chi connectivity index (χ1n) is 5.55. The van der Waals surface area contributed by atoms with Crippen molar-refractivity contribution in [3.63, 3.8) is 0 Å². The summed E-state index contributed by atoms with van der Waals surface area (Å²) in [5.41, 5.74) is 2.83. The highest BCUT2D eigenvalue weighted by Gasteiger charge is 2.08. The molecule has 2 nitrogen and oxygen atoms in total. The Morgan fingerprint density at radius 2 is 2.29 bits per heavy atom. The highest BCUT2D eigenvalue weighted by molar-refractivity contribution is 5.82. The predicted octanol–water partition coefficient (Wildman–Crippen LogP) is 3.52. The first-order chi connectivity index (χ1) is 8.17. The topological polar surface area (TPSA) is 24.7 Å². The van der Waals surface area contributed by atoms with Crippen molar-refractivity contribution in [2.24, 2.45) is 15.9 Å². The molecule has 0 aliphatic heterocycles. The summed E-state index contributed by atoms with van der Waals surface area (Å²) in [6.45, 7) is 13.9. The largest absolute Gasteiger partial charge is 0.287 e. The van der Waals surface area contributed by atoms with Crippen molar-refractivity contribution in [3.8, 4) is 0 Å². The van der Waals surface area contributed by atoms with Crippen LogP contribution in [0.4, 0.5) is 0 Å². The second kappa shape index (κ2) is 6.59. The van der Waals surface area contributed by atoms with E-state index in [1.54, 1.807) is 6.21 Å². The molecule has 1 aliphatic carbocycles. The fourth-order valence-electron chi connectivity index (χ4n) is 1.51. The minimum atomic E-state index is 0.215. The fraction of sp³-hybridized carbons (Fsp3) is 0.200. The van der Waals surface area contributed by atoms with Crippen LogP contribution in [0.5, 0.6) is 0 Å². The van der Waals surface area contributed by atoms with Crippen molar-refractivity contribution in [2.75, 3.05) is 6.54 Å². The van der Waals surface area contributed by atoms with Crippen LogP contribution in [-0.4, -0.2) is 19.0 Å². The Labute approximate surface area is 103 Å². The van der Waals surface area contributed by atoms with Gasteiger partial charge in [0.2, 0.25) is 0 Å². The maximum atomic E-state index is 4.32. The van der Waals surface area contributed by atoms with E-state index in [4.69, 9.17) is 0 Å². The van der Waals surface area contributed by atoms with Crippen LogP contribution in [0.15, 0.2) is 70.9 Å². The van der Waals surface area contributed by atoms with Gasteiger partial charge in [-0.3, -0.25) is 9.98 Å². The predicted molar refractivity (Wildman–Crippen MR) is 76.7 cm³/mol. The van der Waals surface area contributed by atoms with Gasteiger partial charge in [-0.1, -0.05) is 31.4 Å². The van der Waals surface area contributed by atoms with Crippen molar-refractivity contribution in [3.05, 3.63) is 60.9 Å². The Bertz CT molecular complexity index is 434. The van der Waals surface area contributed by atoms with Gasteiger partial charge >= 0.3 is 0 Å². The standard InChI is InChI=1S/C15H18N2/c1-5-14-8-7-12(3)9-15(14)11-16-10-13(4)17-6-2/h5-9,11,14H,1,3-4,10H2,2H3/b16-11-,17-6-. The minimum Gasteiger partial charge on any atom is -0.287 e. The average Bonchev–Trinajstić information content (AvgIpc) is 2.30.